The molecule has 0 aliphatic heterocycles. The number of hydrogen-bond donors (Lipinski definition) is 0. The second kappa shape index (κ2) is 6.25. The van der Waals surface area contributed by atoms with Crippen LogP contribution in [0.25, 0.3) is 0 Å². The molecule has 0 saturated carbocycles. The Labute approximate surface area is 128 Å². The lowest BCUT2D eigenvalue weighted by molar-refractivity contribution is 0.126. The molecule has 2 aromatic carbocycles. The van der Waals surface area contributed by atoms with Crippen LogP contribution in [0.5, 0.6) is 0 Å². The van der Waals surface area contributed by atoms with Gasteiger partial charge in [-0.25, -0.2) is 0 Å². The van der Waals surface area contributed by atoms with Crippen molar-refractivity contribution in [3.63, 3.8) is 0 Å². The van der Waals surface area contributed by atoms with Crippen LogP contribution >= 0.6 is 0 Å². The quantitative estimate of drug-likeness (QED) is 0.812. The standard InChI is InChI=1S/C18H21NOSi/c1-18(2,3)20-21(15-14-19,16-10-6-4-7-11-16)17-12-8-5-9-13-17/h4-13H,15H2,1-3H3. The van der Waals surface area contributed by atoms with E-state index in [1.165, 1.54) is 0 Å². The lowest BCUT2D eigenvalue weighted by atomic mass is 10.2. The van der Waals surface area contributed by atoms with Crippen molar-refractivity contribution in [2.75, 3.05) is 0 Å². The van der Waals surface area contributed by atoms with Crippen molar-refractivity contribution in [2.24, 2.45) is 0 Å². The molecule has 0 heterocycles. The van der Waals surface area contributed by atoms with Gasteiger partial charge in [-0.15, -0.1) is 0 Å². The van der Waals surface area contributed by atoms with Crippen LogP contribution in [0.4, 0.5) is 0 Å². The van der Waals surface area contributed by atoms with Gasteiger partial charge in [-0.05, 0) is 31.1 Å². The van der Waals surface area contributed by atoms with Crippen molar-refractivity contribution in [1.29, 1.82) is 5.26 Å². The van der Waals surface area contributed by atoms with Crippen molar-refractivity contribution in [3.05, 3.63) is 60.7 Å². The molecule has 2 nitrogen and oxygen atoms in total. The van der Waals surface area contributed by atoms with Crippen LogP contribution in [-0.4, -0.2) is 13.9 Å². The zero-order valence-corrected chi connectivity index (χ0v) is 13.8. The summed E-state index contributed by atoms with van der Waals surface area (Å²) in [7, 11) is -2.54. The monoisotopic (exact) mass is 295 g/mol. The molecule has 0 radical (unpaired) electrons. The summed E-state index contributed by atoms with van der Waals surface area (Å²) >= 11 is 0. The van der Waals surface area contributed by atoms with Crippen LogP contribution in [0.2, 0.25) is 6.04 Å². The number of rotatable bonds is 4. The van der Waals surface area contributed by atoms with E-state index in [2.05, 4.69) is 51.1 Å². The molecule has 21 heavy (non-hydrogen) atoms. The first-order chi connectivity index (χ1) is 9.98. The van der Waals surface area contributed by atoms with E-state index in [0.29, 0.717) is 6.04 Å². The number of nitrogens with zero attached hydrogens (tertiary/aromatic N) is 1. The van der Waals surface area contributed by atoms with Crippen molar-refractivity contribution >= 4 is 18.7 Å². The van der Waals surface area contributed by atoms with E-state index in [4.69, 9.17) is 4.43 Å². The van der Waals surface area contributed by atoms with Crippen LogP contribution in [0.15, 0.2) is 60.7 Å². The summed E-state index contributed by atoms with van der Waals surface area (Å²) in [6.07, 6.45) is 0. The Kier molecular flexibility index (Phi) is 4.61. The second-order valence-electron chi connectivity index (χ2n) is 6.11. The first-order valence-electron chi connectivity index (χ1n) is 7.16. The van der Waals surface area contributed by atoms with E-state index in [1.807, 2.05) is 36.4 Å². The molecule has 0 aliphatic rings. The Balaban J connectivity index is 2.64. The van der Waals surface area contributed by atoms with Crippen LogP contribution in [0.1, 0.15) is 20.8 Å². The number of nitriles is 1. The molecule has 0 amide bonds. The van der Waals surface area contributed by atoms with Gasteiger partial charge in [0.25, 0.3) is 8.32 Å². The number of benzene rings is 2. The first kappa shape index (κ1) is 15.5. The molecule has 108 valence electrons. The average molecular weight is 295 g/mol. The maximum Gasteiger partial charge on any atom is 0.270 e. The van der Waals surface area contributed by atoms with Gasteiger partial charge in [-0.1, -0.05) is 60.7 Å². The van der Waals surface area contributed by atoms with Crippen LogP contribution in [0.3, 0.4) is 0 Å². The third kappa shape index (κ3) is 3.60. The van der Waals surface area contributed by atoms with Gasteiger partial charge in [0.1, 0.15) is 0 Å². The van der Waals surface area contributed by atoms with Crippen LogP contribution < -0.4 is 10.4 Å². The van der Waals surface area contributed by atoms with Crippen molar-refractivity contribution in [3.8, 4) is 6.07 Å². The molecule has 0 saturated heterocycles. The number of hydrogen-bond acceptors (Lipinski definition) is 2. The lowest BCUT2D eigenvalue weighted by Gasteiger charge is -2.37. The van der Waals surface area contributed by atoms with Gasteiger partial charge >= 0.3 is 0 Å². The molecule has 2 rings (SSSR count). The van der Waals surface area contributed by atoms with Crippen molar-refractivity contribution in [1.82, 2.24) is 0 Å². The molecule has 2 aromatic rings. The van der Waals surface area contributed by atoms with Gasteiger partial charge in [0.2, 0.25) is 0 Å². The predicted molar refractivity (Wildman–Crippen MR) is 89.2 cm³/mol. The van der Waals surface area contributed by atoms with Gasteiger partial charge in [0, 0.05) is 5.60 Å². The Hall–Kier alpha value is -1.89. The summed E-state index contributed by atoms with van der Waals surface area (Å²) in [5, 5.41) is 11.7. The average Bonchev–Trinajstić information content (AvgIpc) is 2.47. The first-order valence-corrected chi connectivity index (χ1v) is 9.28. The summed E-state index contributed by atoms with van der Waals surface area (Å²) < 4.78 is 6.55. The third-order valence-corrected chi connectivity index (χ3v) is 7.44. The Morgan fingerprint density at radius 2 is 1.33 bits per heavy atom. The minimum absolute atomic E-state index is 0.297. The van der Waals surface area contributed by atoms with Gasteiger partial charge in [0.15, 0.2) is 0 Å². The van der Waals surface area contributed by atoms with Crippen LogP contribution in [0, 0.1) is 11.3 Å². The van der Waals surface area contributed by atoms with E-state index < -0.39 is 8.32 Å². The Bertz CT molecular complexity index is 572. The third-order valence-electron chi connectivity index (χ3n) is 3.29. The van der Waals surface area contributed by atoms with E-state index in [0.717, 1.165) is 10.4 Å². The Morgan fingerprint density at radius 3 is 1.67 bits per heavy atom. The SMILES string of the molecule is CC(C)(C)O[Si](CC#N)(c1ccccc1)c1ccccc1. The summed E-state index contributed by atoms with van der Waals surface area (Å²) in [5.41, 5.74) is -0.297. The van der Waals surface area contributed by atoms with E-state index >= 15 is 0 Å². The highest BCUT2D eigenvalue weighted by Crippen LogP contribution is 2.20. The zero-order chi connectivity index (χ0) is 15.3. The summed E-state index contributed by atoms with van der Waals surface area (Å²) in [5.74, 6) is 0. The fourth-order valence-corrected chi connectivity index (χ4v) is 6.35. The lowest BCUT2D eigenvalue weighted by Crippen LogP contribution is -2.63. The summed E-state index contributed by atoms with van der Waals surface area (Å²) in [6.45, 7) is 6.16. The van der Waals surface area contributed by atoms with Gasteiger partial charge in [-0.2, -0.15) is 5.26 Å². The molecular formula is C18H21NOSi. The van der Waals surface area contributed by atoms with E-state index in [-0.39, 0.29) is 5.60 Å². The van der Waals surface area contributed by atoms with Gasteiger partial charge in [-0.3, -0.25) is 0 Å². The van der Waals surface area contributed by atoms with Gasteiger partial charge in [0.05, 0.1) is 12.1 Å². The second-order valence-corrected chi connectivity index (χ2v) is 9.47. The molecule has 0 fully saturated rings. The minimum Gasteiger partial charge on any atom is -0.402 e. The molecule has 0 N–H and O–H groups in total. The van der Waals surface area contributed by atoms with E-state index in [9.17, 15) is 5.26 Å². The molecule has 0 atom stereocenters. The minimum atomic E-state index is -2.54. The zero-order valence-electron chi connectivity index (χ0n) is 12.8. The van der Waals surface area contributed by atoms with Crippen molar-refractivity contribution < 1.29 is 4.43 Å². The topological polar surface area (TPSA) is 33.0 Å². The smallest absolute Gasteiger partial charge is 0.270 e. The molecule has 3 heteroatoms. The highest BCUT2D eigenvalue weighted by molar-refractivity contribution is 6.98. The fraction of sp³-hybridized carbons (Fsp3) is 0.278. The summed E-state index contributed by atoms with van der Waals surface area (Å²) in [4.78, 5) is 0. The molecule has 0 spiro atoms. The van der Waals surface area contributed by atoms with Crippen LogP contribution in [-0.2, 0) is 4.43 Å². The largest absolute Gasteiger partial charge is 0.402 e. The Morgan fingerprint density at radius 1 is 0.905 bits per heavy atom. The molecule has 0 aromatic heterocycles. The van der Waals surface area contributed by atoms with Crippen molar-refractivity contribution in [2.45, 2.75) is 32.4 Å². The molecule has 0 bridgehead atoms. The highest BCUT2D eigenvalue weighted by Gasteiger charge is 2.42. The fourth-order valence-electron chi connectivity index (χ4n) is 2.57. The molecule has 0 aliphatic carbocycles. The maximum atomic E-state index is 9.43. The predicted octanol–water partition coefficient (Wildman–Crippen LogP) is 3.08. The van der Waals surface area contributed by atoms with E-state index in [1.54, 1.807) is 0 Å². The summed E-state index contributed by atoms with van der Waals surface area (Å²) in [6, 6.07) is 23.2. The van der Waals surface area contributed by atoms with Gasteiger partial charge < -0.3 is 4.43 Å². The highest BCUT2D eigenvalue weighted by atomic mass is 28.4. The molecule has 0 unspecified atom stereocenters. The maximum absolute atomic E-state index is 9.43. The normalized spacial score (nSPS) is 11.9. The molecular weight excluding hydrogens is 274 g/mol.